The zero-order valence-corrected chi connectivity index (χ0v) is 14.3. The van der Waals surface area contributed by atoms with Gasteiger partial charge in [-0.2, -0.15) is 0 Å². The van der Waals surface area contributed by atoms with Crippen LogP contribution >= 0.6 is 0 Å². The summed E-state index contributed by atoms with van der Waals surface area (Å²) in [4.78, 5) is 14.3. The van der Waals surface area contributed by atoms with Crippen LogP contribution in [0.25, 0.3) is 0 Å². The average molecular weight is 351 g/mol. The summed E-state index contributed by atoms with van der Waals surface area (Å²) >= 11 is 0. The third-order valence-electron chi connectivity index (χ3n) is 3.46. The van der Waals surface area contributed by atoms with Gasteiger partial charge in [-0.25, -0.2) is 13.1 Å². The molecule has 0 saturated heterocycles. The molecule has 0 bridgehead atoms. The van der Waals surface area contributed by atoms with Gasteiger partial charge >= 0.3 is 0 Å². The van der Waals surface area contributed by atoms with E-state index in [0.29, 0.717) is 26.1 Å². The number of nitrogens with zero attached hydrogens (tertiary/aromatic N) is 1. The quantitative estimate of drug-likeness (QED) is 0.743. The minimum atomic E-state index is -3.72. The summed E-state index contributed by atoms with van der Waals surface area (Å²) < 4.78 is 30.8. The molecule has 0 aliphatic heterocycles. The lowest BCUT2D eigenvalue weighted by molar-refractivity contribution is 0.0704. The number of benzene rings is 1. The lowest BCUT2D eigenvalue weighted by atomic mass is 10.2. The molecule has 0 atom stereocenters. The maximum atomic E-state index is 12.7. The van der Waals surface area contributed by atoms with Crippen LogP contribution in [0.2, 0.25) is 0 Å². The molecule has 1 heterocycles. The largest absolute Gasteiger partial charge is 0.438 e. The number of hydrogen-bond acceptors (Lipinski definition) is 5. The highest BCUT2D eigenvalue weighted by Crippen LogP contribution is 2.17. The van der Waals surface area contributed by atoms with Gasteiger partial charge in [-0.15, -0.1) is 0 Å². The normalized spacial score (nSPS) is 11.4. The van der Waals surface area contributed by atoms with Gasteiger partial charge < -0.3 is 15.1 Å². The fraction of sp³-hybridized carbons (Fsp3) is 0.312. The smallest absolute Gasteiger partial charge is 0.289 e. The van der Waals surface area contributed by atoms with Gasteiger partial charge in [0.2, 0.25) is 5.09 Å². The van der Waals surface area contributed by atoms with Crippen LogP contribution < -0.4 is 10.5 Å². The first-order chi connectivity index (χ1) is 11.5. The molecule has 0 aliphatic carbocycles. The Balaban J connectivity index is 2.21. The summed E-state index contributed by atoms with van der Waals surface area (Å²) in [5, 5.41) is -0.285. The molecule has 0 unspecified atom stereocenters. The maximum Gasteiger partial charge on any atom is 0.289 e. The molecule has 0 saturated carbocycles. The van der Waals surface area contributed by atoms with E-state index in [9.17, 15) is 13.2 Å². The van der Waals surface area contributed by atoms with Crippen LogP contribution in [-0.2, 0) is 16.6 Å². The number of nitrogens with one attached hydrogen (secondary N) is 1. The van der Waals surface area contributed by atoms with E-state index in [4.69, 9.17) is 10.2 Å². The monoisotopic (exact) mass is 351 g/mol. The van der Waals surface area contributed by atoms with Crippen molar-refractivity contribution in [3.63, 3.8) is 0 Å². The lowest BCUT2D eigenvalue weighted by Gasteiger charge is -2.21. The van der Waals surface area contributed by atoms with Crippen LogP contribution in [0.4, 0.5) is 0 Å². The zero-order chi connectivity index (χ0) is 17.6. The Kier molecular flexibility index (Phi) is 6.13. The Morgan fingerprint density at radius 1 is 1.21 bits per heavy atom. The highest BCUT2D eigenvalue weighted by molar-refractivity contribution is 7.89. The Labute approximate surface area is 141 Å². The van der Waals surface area contributed by atoms with Crippen molar-refractivity contribution in [2.24, 2.45) is 5.73 Å². The molecule has 1 aromatic heterocycles. The van der Waals surface area contributed by atoms with E-state index in [2.05, 4.69) is 4.72 Å². The summed E-state index contributed by atoms with van der Waals surface area (Å²) in [7, 11) is -2.44. The molecule has 1 aromatic carbocycles. The van der Waals surface area contributed by atoms with E-state index in [1.807, 2.05) is 30.3 Å². The summed E-state index contributed by atoms with van der Waals surface area (Å²) in [5.41, 5.74) is 6.51. The van der Waals surface area contributed by atoms with Crippen molar-refractivity contribution in [2.75, 3.05) is 20.1 Å². The number of nitrogens with two attached hydrogens (primary N) is 1. The van der Waals surface area contributed by atoms with Crippen molar-refractivity contribution in [2.45, 2.75) is 18.1 Å². The SMILES string of the molecule is CNS(=O)(=O)c1ccc(C(=O)N(CCCN)Cc2ccccc2)o1. The van der Waals surface area contributed by atoms with Gasteiger partial charge in [0.1, 0.15) is 0 Å². The van der Waals surface area contributed by atoms with E-state index in [1.165, 1.54) is 19.2 Å². The standard InChI is InChI=1S/C16H21N3O4S/c1-18-24(21,22)15-9-8-14(23-15)16(20)19(11-5-10-17)12-13-6-3-2-4-7-13/h2-4,6-9,18H,5,10-12,17H2,1H3. The van der Waals surface area contributed by atoms with E-state index in [0.717, 1.165) is 5.56 Å². The van der Waals surface area contributed by atoms with E-state index in [1.54, 1.807) is 4.90 Å². The van der Waals surface area contributed by atoms with Gasteiger partial charge in [-0.1, -0.05) is 30.3 Å². The summed E-state index contributed by atoms with van der Waals surface area (Å²) in [5.74, 6) is -0.387. The van der Waals surface area contributed by atoms with Gasteiger partial charge in [-0.05, 0) is 37.7 Å². The molecule has 24 heavy (non-hydrogen) atoms. The number of furan rings is 1. The van der Waals surface area contributed by atoms with Crippen LogP contribution in [0, 0.1) is 0 Å². The van der Waals surface area contributed by atoms with Gasteiger partial charge in [0.15, 0.2) is 5.76 Å². The molecule has 3 N–H and O–H groups in total. The van der Waals surface area contributed by atoms with Crippen molar-refractivity contribution in [1.29, 1.82) is 0 Å². The topological polar surface area (TPSA) is 106 Å². The first-order valence-corrected chi connectivity index (χ1v) is 9.03. The molecule has 2 rings (SSSR count). The molecule has 7 nitrogen and oxygen atoms in total. The fourth-order valence-electron chi connectivity index (χ4n) is 2.17. The van der Waals surface area contributed by atoms with Crippen molar-refractivity contribution in [3.05, 3.63) is 53.8 Å². The van der Waals surface area contributed by atoms with E-state index in [-0.39, 0.29) is 16.8 Å². The highest BCUT2D eigenvalue weighted by Gasteiger charge is 2.23. The molecule has 1 amide bonds. The number of carbonyl (C=O) groups is 1. The van der Waals surface area contributed by atoms with E-state index < -0.39 is 10.0 Å². The highest BCUT2D eigenvalue weighted by atomic mass is 32.2. The number of rotatable bonds is 8. The lowest BCUT2D eigenvalue weighted by Crippen LogP contribution is -2.32. The van der Waals surface area contributed by atoms with Gasteiger partial charge in [-0.3, -0.25) is 4.79 Å². The minimum absolute atomic E-state index is 0.0169. The molecule has 0 fully saturated rings. The van der Waals surface area contributed by atoms with Crippen molar-refractivity contribution < 1.29 is 17.6 Å². The second-order valence-electron chi connectivity index (χ2n) is 5.18. The van der Waals surface area contributed by atoms with Crippen molar-refractivity contribution in [1.82, 2.24) is 9.62 Å². The summed E-state index contributed by atoms with van der Waals surface area (Å²) in [6.45, 7) is 1.31. The van der Waals surface area contributed by atoms with Gasteiger partial charge in [0.25, 0.3) is 15.9 Å². The van der Waals surface area contributed by atoms with E-state index >= 15 is 0 Å². The zero-order valence-electron chi connectivity index (χ0n) is 13.4. The predicted octanol–water partition coefficient (Wildman–Crippen LogP) is 1.18. The van der Waals surface area contributed by atoms with Gasteiger partial charge in [0.05, 0.1) is 0 Å². The minimum Gasteiger partial charge on any atom is -0.438 e. The maximum absolute atomic E-state index is 12.7. The Morgan fingerprint density at radius 2 is 1.92 bits per heavy atom. The van der Waals surface area contributed by atoms with Crippen molar-refractivity contribution >= 4 is 15.9 Å². The third-order valence-corrected chi connectivity index (χ3v) is 4.75. The molecular formula is C16H21N3O4S. The molecular weight excluding hydrogens is 330 g/mol. The Hall–Kier alpha value is -2.16. The van der Waals surface area contributed by atoms with Crippen LogP contribution in [0.15, 0.2) is 52.0 Å². The molecule has 130 valence electrons. The number of amides is 1. The second kappa shape index (κ2) is 8.09. The average Bonchev–Trinajstić information content (AvgIpc) is 3.10. The van der Waals surface area contributed by atoms with Crippen LogP contribution in [0.1, 0.15) is 22.5 Å². The molecule has 2 aromatic rings. The van der Waals surface area contributed by atoms with Gasteiger partial charge in [0, 0.05) is 13.1 Å². The van der Waals surface area contributed by atoms with Crippen LogP contribution in [-0.4, -0.2) is 39.4 Å². The Morgan fingerprint density at radius 3 is 2.54 bits per heavy atom. The summed E-state index contributed by atoms with van der Waals surface area (Å²) in [6.07, 6.45) is 0.640. The fourth-order valence-corrected chi connectivity index (χ4v) is 2.82. The Bertz CT molecular complexity index is 772. The molecule has 0 aliphatic rings. The number of sulfonamides is 1. The van der Waals surface area contributed by atoms with Crippen LogP contribution in [0.3, 0.4) is 0 Å². The molecule has 0 spiro atoms. The first kappa shape index (κ1) is 18.2. The predicted molar refractivity (Wildman–Crippen MR) is 89.8 cm³/mol. The first-order valence-electron chi connectivity index (χ1n) is 7.54. The second-order valence-corrected chi connectivity index (χ2v) is 7.00. The number of carbonyl (C=O) groups excluding carboxylic acids is 1. The van der Waals surface area contributed by atoms with Crippen LogP contribution in [0.5, 0.6) is 0 Å². The summed E-state index contributed by atoms with van der Waals surface area (Å²) in [6, 6.07) is 12.2. The molecule has 8 heteroatoms. The molecule has 0 radical (unpaired) electrons. The number of hydrogen-bond donors (Lipinski definition) is 2. The third kappa shape index (κ3) is 4.44. The van der Waals surface area contributed by atoms with Crippen molar-refractivity contribution in [3.8, 4) is 0 Å².